The molecular formula is C13H16FN3O2S2. The molecule has 0 aliphatic carbocycles. The topological polar surface area (TPSA) is 85.1 Å². The van der Waals surface area contributed by atoms with Crippen LogP contribution in [0.3, 0.4) is 0 Å². The second kappa shape index (κ2) is 6.61. The van der Waals surface area contributed by atoms with E-state index in [4.69, 9.17) is 5.73 Å². The van der Waals surface area contributed by atoms with Crippen LogP contribution in [-0.4, -0.2) is 19.9 Å². The van der Waals surface area contributed by atoms with Crippen molar-refractivity contribution in [3.63, 3.8) is 0 Å². The fourth-order valence-corrected chi connectivity index (χ4v) is 3.52. The first-order valence-electron chi connectivity index (χ1n) is 6.31. The van der Waals surface area contributed by atoms with Gasteiger partial charge in [-0.25, -0.2) is 22.5 Å². The molecule has 0 atom stereocenters. The molecule has 0 saturated carbocycles. The lowest BCUT2D eigenvalue weighted by Gasteiger charge is -2.08. The summed E-state index contributed by atoms with van der Waals surface area (Å²) in [5, 5.41) is 2.84. The predicted octanol–water partition coefficient (Wildman–Crippen LogP) is 1.57. The first-order chi connectivity index (χ1) is 9.92. The van der Waals surface area contributed by atoms with Crippen LogP contribution in [0.25, 0.3) is 0 Å². The lowest BCUT2D eigenvalue weighted by Crippen LogP contribution is -2.26. The van der Waals surface area contributed by atoms with Crippen LogP contribution in [0, 0.1) is 12.7 Å². The van der Waals surface area contributed by atoms with Crippen LogP contribution in [0.5, 0.6) is 0 Å². The third-order valence-corrected chi connectivity index (χ3v) is 5.17. The summed E-state index contributed by atoms with van der Waals surface area (Å²) in [5.41, 5.74) is 6.40. The van der Waals surface area contributed by atoms with Gasteiger partial charge in [0.15, 0.2) is 0 Å². The van der Waals surface area contributed by atoms with Crippen LogP contribution in [0.4, 0.5) is 4.39 Å². The minimum atomic E-state index is -3.67. The molecule has 0 bridgehead atoms. The molecule has 3 N–H and O–H groups in total. The highest BCUT2D eigenvalue weighted by Crippen LogP contribution is 2.15. The van der Waals surface area contributed by atoms with Crippen LogP contribution in [-0.2, 0) is 23.0 Å². The lowest BCUT2D eigenvalue weighted by molar-refractivity contribution is 0.579. The average molecular weight is 329 g/mol. The van der Waals surface area contributed by atoms with Crippen molar-refractivity contribution in [3.8, 4) is 0 Å². The number of rotatable bonds is 6. The quantitative estimate of drug-likeness (QED) is 0.842. The molecule has 8 heteroatoms. The maximum Gasteiger partial charge on any atom is 0.240 e. The number of aryl methyl sites for hydroxylation is 1. The van der Waals surface area contributed by atoms with Gasteiger partial charge >= 0.3 is 0 Å². The Balaban J connectivity index is 2.04. The van der Waals surface area contributed by atoms with Gasteiger partial charge in [-0.1, -0.05) is 0 Å². The average Bonchev–Trinajstić information content (AvgIpc) is 2.84. The van der Waals surface area contributed by atoms with Gasteiger partial charge < -0.3 is 5.73 Å². The summed E-state index contributed by atoms with van der Waals surface area (Å²) in [4.78, 5) is 4.27. The summed E-state index contributed by atoms with van der Waals surface area (Å²) in [6.07, 6.45) is 0.508. The van der Waals surface area contributed by atoms with Gasteiger partial charge in [-0.2, -0.15) is 0 Å². The Hall–Kier alpha value is -1.35. The number of benzene rings is 1. The first kappa shape index (κ1) is 16.0. The predicted molar refractivity (Wildman–Crippen MR) is 80.0 cm³/mol. The Kier molecular flexibility index (Phi) is 5.04. The van der Waals surface area contributed by atoms with E-state index in [9.17, 15) is 12.8 Å². The molecule has 0 spiro atoms. The van der Waals surface area contributed by atoms with E-state index in [1.165, 1.54) is 23.5 Å². The van der Waals surface area contributed by atoms with E-state index in [0.717, 1.165) is 16.8 Å². The molecule has 0 amide bonds. The van der Waals surface area contributed by atoms with Gasteiger partial charge in [-0.3, -0.25) is 0 Å². The molecule has 0 radical (unpaired) electrons. The number of nitrogens with two attached hydrogens (primary N) is 1. The van der Waals surface area contributed by atoms with Gasteiger partial charge in [0.1, 0.15) is 5.82 Å². The summed E-state index contributed by atoms with van der Waals surface area (Å²) < 4.78 is 40.0. The van der Waals surface area contributed by atoms with Gasteiger partial charge in [0.2, 0.25) is 10.0 Å². The zero-order chi connectivity index (χ0) is 15.5. The van der Waals surface area contributed by atoms with E-state index >= 15 is 0 Å². The van der Waals surface area contributed by atoms with Crippen LogP contribution >= 0.6 is 11.3 Å². The summed E-state index contributed by atoms with van der Waals surface area (Å²) in [7, 11) is -3.67. The number of nitrogens with zero attached hydrogens (tertiary/aromatic N) is 1. The monoisotopic (exact) mass is 329 g/mol. The van der Waals surface area contributed by atoms with E-state index in [0.29, 0.717) is 6.42 Å². The van der Waals surface area contributed by atoms with E-state index in [1.807, 2.05) is 12.3 Å². The lowest BCUT2D eigenvalue weighted by atomic mass is 10.2. The Bertz CT molecular complexity index is 729. The van der Waals surface area contributed by atoms with Gasteiger partial charge in [0, 0.05) is 30.5 Å². The standard InChI is InChI=1S/C13H16FN3O2S2/c1-9-17-11(8-20-9)4-5-16-21(18,19)12-2-3-13(14)10(6-12)7-15/h2-3,6,8,16H,4-5,7,15H2,1H3. The van der Waals surface area contributed by atoms with E-state index in [2.05, 4.69) is 9.71 Å². The molecule has 0 aliphatic rings. The number of thiazole rings is 1. The summed E-state index contributed by atoms with van der Waals surface area (Å²) in [6, 6.07) is 3.59. The van der Waals surface area contributed by atoms with E-state index in [1.54, 1.807) is 0 Å². The van der Waals surface area contributed by atoms with Crippen LogP contribution in [0.2, 0.25) is 0 Å². The Morgan fingerprint density at radius 1 is 1.43 bits per heavy atom. The van der Waals surface area contributed by atoms with Gasteiger partial charge in [0.25, 0.3) is 0 Å². The van der Waals surface area contributed by atoms with Crippen molar-refractivity contribution in [1.82, 2.24) is 9.71 Å². The summed E-state index contributed by atoms with van der Waals surface area (Å²) in [6.45, 7) is 2.08. The van der Waals surface area contributed by atoms with Crippen molar-refractivity contribution in [2.45, 2.75) is 24.8 Å². The van der Waals surface area contributed by atoms with Crippen LogP contribution < -0.4 is 10.5 Å². The van der Waals surface area contributed by atoms with Crippen LogP contribution in [0.1, 0.15) is 16.3 Å². The number of sulfonamides is 1. The molecule has 1 heterocycles. The molecule has 0 saturated heterocycles. The molecule has 0 aliphatic heterocycles. The summed E-state index contributed by atoms with van der Waals surface area (Å²) in [5.74, 6) is -0.505. The zero-order valence-electron chi connectivity index (χ0n) is 11.5. The molecular weight excluding hydrogens is 313 g/mol. The maximum absolute atomic E-state index is 13.3. The van der Waals surface area contributed by atoms with Crippen molar-refractivity contribution in [2.24, 2.45) is 5.73 Å². The number of hydrogen-bond donors (Lipinski definition) is 2. The maximum atomic E-state index is 13.3. The van der Waals surface area contributed by atoms with Gasteiger partial charge in [0.05, 0.1) is 15.6 Å². The SMILES string of the molecule is Cc1nc(CCNS(=O)(=O)c2ccc(F)c(CN)c2)cs1. The molecule has 5 nitrogen and oxygen atoms in total. The molecule has 1 aromatic heterocycles. The Labute approximate surface area is 127 Å². The summed E-state index contributed by atoms with van der Waals surface area (Å²) >= 11 is 1.52. The zero-order valence-corrected chi connectivity index (χ0v) is 13.1. The second-order valence-corrected chi connectivity index (χ2v) is 7.29. The number of halogens is 1. The largest absolute Gasteiger partial charge is 0.326 e. The highest BCUT2D eigenvalue weighted by atomic mass is 32.2. The third-order valence-electron chi connectivity index (χ3n) is 2.89. The highest BCUT2D eigenvalue weighted by molar-refractivity contribution is 7.89. The van der Waals surface area contributed by atoms with Crippen molar-refractivity contribution < 1.29 is 12.8 Å². The molecule has 21 heavy (non-hydrogen) atoms. The van der Waals surface area contributed by atoms with Crippen molar-refractivity contribution in [2.75, 3.05) is 6.54 Å². The smallest absolute Gasteiger partial charge is 0.240 e. The molecule has 114 valence electrons. The van der Waals surface area contributed by atoms with Crippen molar-refractivity contribution in [1.29, 1.82) is 0 Å². The number of aromatic nitrogens is 1. The van der Waals surface area contributed by atoms with E-state index < -0.39 is 15.8 Å². The van der Waals surface area contributed by atoms with Crippen molar-refractivity contribution in [3.05, 3.63) is 45.7 Å². The minimum Gasteiger partial charge on any atom is -0.326 e. The van der Waals surface area contributed by atoms with Crippen molar-refractivity contribution >= 4 is 21.4 Å². The fourth-order valence-electron chi connectivity index (χ4n) is 1.79. The third kappa shape index (κ3) is 4.07. The van der Waals surface area contributed by atoms with Gasteiger partial charge in [-0.15, -0.1) is 11.3 Å². The van der Waals surface area contributed by atoms with Gasteiger partial charge in [-0.05, 0) is 25.1 Å². The minimum absolute atomic E-state index is 0.0128. The van der Waals surface area contributed by atoms with Crippen LogP contribution in [0.15, 0.2) is 28.5 Å². The Morgan fingerprint density at radius 2 is 2.19 bits per heavy atom. The molecule has 1 aromatic carbocycles. The number of hydrogen-bond acceptors (Lipinski definition) is 5. The molecule has 0 unspecified atom stereocenters. The molecule has 2 rings (SSSR count). The van der Waals surface area contributed by atoms with E-state index in [-0.39, 0.29) is 23.5 Å². The first-order valence-corrected chi connectivity index (χ1v) is 8.68. The second-order valence-electron chi connectivity index (χ2n) is 4.46. The molecule has 2 aromatic rings. The normalized spacial score (nSPS) is 11.8. The molecule has 0 fully saturated rings. The number of nitrogens with one attached hydrogen (secondary N) is 1. The fraction of sp³-hybridized carbons (Fsp3) is 0.308. The highest BCUT2D eigenvalue weighted by Gasteiger charge is 2.15. The Morgan fingerprint density at radius 3 is 2.81 bits per heavy atom.